The summed E-state index contributed by atoms with van der Waals surface area (Å²) in [5.41, 5.74) is 4.51. The van der Waals surface area contributed by atoms with Crippen molar-refractivity contribution in [2.45, 2.75) is 0 Å². The molecule has 0 amide bonds. The molecule has 0 atom stereocenters. The van der Waals surface area contributed by atoms with E-state index in [4.69, 9.17) is 0 Å². The molecular formula is C8H10N2O3. The highest BCUT2D eigenvalue weighted by Gasteiger charge is 1.95. The molecule has 0 saturated carbocycles. The number of hydrogen-bond acceptors (Lipinski definition) is 5. The van der Waals surface area contributed by atoms with Gasteiger partial charge in [0.1, 0.15) is 6.61 Å². The first-order valence-corrected chi connectivity index (χ1v) is 3.70. The van der Waals surface area contributed by atoms with Crippen LogP contribution < -0.4 is 11.1 Å². The zero-order valence-corrected chi connectivity index (χ0v) is 6.90. The fraction of sp³-hybridized carbons (Fsp3) is 0.125. The Balaban J connectivity index is 2.48. The van der Waals surface area contributed by atoms with E-state index in [0.29, 0.717) is 0 Å². The van der Waals surface area contributed by atoms with Crippen LogP contribution in [0.25, 0.3) is 0 Å². The van der Waals surface area contributed by atoms with Crippen LogP contribution in [0.2, 0.25) is 0 Å². The molecule has 0 fully saturated rings. The smallest absolute Gasteiger partial charge is 0.183 e. The average Bonchev–Trinajstić information content (AvgIpc) is 2.11. The van der Waals surface area contributed by atoms with E-state index in [-0.39, 0.29) is 12.4 Å². The number of hydroxylamine groups is 1. The zero-order valence-electron chi connectivity index (χ0n) is 6.90. The van der Waals surface area contributed by atoms with Crippen molar-refractivity contribution in [3.8, 4) is 0 Å². The summed E-state index contributed by atoms with van der Waals surface area (Å²) in [5, 5.41) is 0. The minimum Gasteiger partial charge on any atom is -0.292 e. The van der Waals surface area contributed by atoms with Crippen LogP contribution in [0.1, 0.15) is 0 Å². The Labute approximate surface area is 75.6 Å². The third kappa shape index (κ3) is 4.91. The number of hydrogen-bond donors (Lipinski definition) is 2. The summed E-state index contributed by atoms with van der Waals surface area (Å²) >= 11 is 0. The average molecular weight is 182 g/mol. The van der Waals surface area contributed by atoms with Gasteiger partial charge in [-0.15, -0.1) is 0 Å². The van der Waals surface area contributed by atoms with Crippen molar-refractivity contribution in [2.24, 2.45) is 0 Å². The highest BCUT2D eigenvalue weighted by atomic mass is 17.0. The summed E-state index contributed by atoms with van der Waals surface area (Å²) in [6.07, 6.45) is 9.80. The first-order chi connectivity index (χ1) is 6.39. The maximum atomic E-state index is 10.9. The molecule has 1 rings (SSSR count). The molecule has 0 aromatic heterocycles. The Bertz CT molecular complexity index is 246. The Morgan fingerprint density at radius 1 is 1.23 bits per heavy atom. The second-order valence-electron chi connectivity index (χ2n) is 2.16. The van der Waals surface area contributed by atoms with Gasteiger partial charge in [-0.3, -0.25) is 15.1 Å². The van der Waals surface area contributed by atoms with Gasteiger partial charge < -0.3 is 0 Å². The lowest BCUT2D eigenvalue weighted by Gasteiger charge is -2.02. The first-order valence-electron chi connectivity index (χ1n) is 3.70. The number of ketones is 1. The molecule has 1 heterocycles. The molecule has 2 N–H and O–H groups in total. The minimum absolute atomic E-state index is 0.0737. The lowest BCUT2D eigenvalue weighted by molar-refractivity contribution is -0.197. The zero-order chi connectivity index (χ0) is 9.36. The largest absolute Gasteiger partial charge is 0.292 e. The lowest BCUT2D eigenvalue weighted by Crippen LogP contribution is -2.24. The number of nitrogens with one attached hydrogen (secondary N) is 2. The second kappa shape index (κ2) is 6.13. The number of rotatable bonds is 0. The highest BCUT2D eigenvalue weighted by molar-refractivity contribution is 5.90. The van der Waals surface area contributed by atoms with Crippen molar-refractivity contribution in [1.82, 2.24) is 11.1 Å². The van der Waals surface area contributed by atoms with Gasteiger partial charge in [-0.05, 0) is 12.2 Å². The van der Waals surface area contributed by atoms with Gasteiger partial charge in [-0.2, -0.15) is 4.94 Å². The molecule has 5 heteroatoms. The van der Waals surface area contributed by atoms with Gasteiger partial charge in [0.15, 0.2) is 5.78 Å². The summed E-state index contributed by atoms with van der Waals surface area (Å²) in [4.78, 5) is 20.1. The molecule has 13 heavy (non-hydrogen) atoms. The van der Waals surface area contributed by atoms with Gasteiger partial charge in [-0.25, -0.2) is 0 Å². The van der Waals surface area contributed by atoms with E-state index in [2.05, 4.69) is 20.9 Å². The SMILES string of the molecule is O=C1C=CC=CC=CNONOC1. The van der Waals surface area contributed by atoms with Crippen molar-refractivity contribution >= 4 is 5.78 Å². The quantitative estimate of drug-likeness (QED) is 0.558. The van der Waals surface area contributed by atoms with E-state index in [9.17, 15) is 4.79 Å². The van der Waals surface area contributed by atoms with E-state index in [1.807, 2.05) is 0 Å². The normalized spacial score (nSPS) is 18.9. The molecule has 0 spiro atoms. The van der Waals surface area contributed by atoms with Crippen LogP contribution in [0.15, 0.2) is 36.6 Å². The molecule has 70 valence electrons. The van der Waals surface area contributed by atoms with Gasteiger partial charge >= 0.3 is 0 Å². The number of carbonyl (C=O) groups is 1. The van der Waals surface area contributed by atoms with Crippen LogP contribution in [-0.4, -0.2) is 12.4 Å². The Hall–Kier alpha value is -1.43. The van der Waals surface area contributed by atoms with E-state index < -0.39 is 0 Å². The van der Waals surface area contributed by atoms with E-state index >= 15 is 0 Å². The van der Waals surface area contributed by atoms with Crippen molar-refractivity contribution in [1.29, 1.82) is 0 Å². The maximum absolute atomic E-state index is 10.9. The molecule has 0 unspecified atom stereocenters. The van der Waals surface area contributed by atoms with Crippen molar-refractivity contribution in [2.75, 3.05) is 6.61 Å². The molecule has 0 saturated heterocycles. The van der Waals surface area contributed by atoms with Gasteiger partial charge in [0.25, 0.3) is 0 Å². The Morgan fingerprint density at radius 3 is 3.00 bits per heavy atom. The summed E-state index contributed by atoms with van der Waals surface area (Å²) in [7, 11) is 0. The van der Waals surface area contributed by atoms with E-state index in [0.717, 1.165) is 0 Å². The minimum atomic E-state index is -0.148. The van der Waals surface area contributed by atoms with E-state index in [1.54, 1.807) is 30.5 Å². The maximum Gasteiger partial charge on any atom is 0.183 e. The fourth-order valence-corrected chi connectivity index (χ4v) is 0.622. The van der Waals surface area contributed by atoms with Crippen molar-refractivity contribution in [3.63, 3.8) is 0 Å². The van der Waals surface area contributed by atoms with Crippen molar-refractivity contribution in [3.05, 3.63) is 36.6 Å². The topological polar surface area (TPSA) is 59.6 Å². The molecule has 0 aliphatic carbocycles. The van der Waals surface area contributed by atoms with Crippen LogP contribution >= 0.6 is 0 Å². The van der Waals surface area contributed by atoms with Crippen LogP contribution in [0, 0.1) is 0 Å². The van der Waals surface area contributed by atoms with Crippen LogP contribution in [0.3, 0.4) is 0 Å². The molecule has 1 aliphatic rings. The highest BCUT2D eigenvalue weighted by Crippen LogP contribution is 1.83. The van der Waals surface area contributed by atoms with Gasteiger partial charge in [0, 0.05) is 6.20 Å². The molecule has 0 radical (unpaired) electrons. The van der Waals surface area contributed by atoms with Crippen LogP contribution in [-0.2, 0) is 14.6 Å². The second-order valence-corrected chi connectivity index (χ2v) is 2.16. The number of carbonyl (C=O) groups excluding carboxylic acids is 1. The van der Waals surface area contributed by atoms with E-state index in [1.165, 1.54) is 6.08 Å². The number of allylic oxidation sites excluding steroid dienone is 4. The molecule has 0 aromatic rings. The van der Waals surface area contributed by atoms with Gasteiger partial charge in [-0.1, -0.05) is 23.9 Å². The van der Waals surface area contributed by atoms with Crippen molar-refractivity contribution < 1.29 is 14.6 Å². The molecule has 0 aromatic carbocycles. The summed E-state index contributed by atoms with van der Waals surface area (Å²) in [5.74, 6) is -0.148. The molecule has 0 bridgehead atoms. The molecule has 5 nitrogen and oxygen atoms in total. The Morgan fingerprint density at radius 2 is 2.08 bits per heavy atom. The van der Waals surface area contributed by atoms with Gasteiger partial charge in [0.05, 0.1) is 0 Å². The first kappa shape index (κ1) is 9.66. The predicted octanol–water partition coefficient (Wildman–Crippen LogP) is 0.153. The van der Waals surface area contributed by atoms with Crippen LogP contribution in [0.5, 0.6) is 0 Å². The monoisotopic (exact) mass is 182 g/mol. The van der Waals surface area contributed by atoms with Crippen LogP contribution in [0.4, 0.5) is 0 Å². The fourth-order valence-electron chi connectivity index (χ4n) is 0.622. The standard InChI is InChI=1S/C8H10N2O3/c11-8-5-3-1-2-4-6-9-13-10-12-7-8/h1-6,9-10H,7H2. The lowest BCUT2D eigenvalue weighted by atomic mass is 10.3. The summed E-state index contributed by atoms with van der Waals surface area (Å²) in [6, 6.07) is 0. The summed E-state index contributed by atoms with van der Waals surface area (Å²) in [6.45, 7) is -0.0737. The van der Waals surface area contributed by atoms with Gasteiger partial charge in [0.2, 0.25) is 0 Å². The molecular weight excluding hydrogens is 172 g/mol. The summed E-state index contributed by atoms with van der Waals surface area (Å²) < 4.78 is 0. The predicted molar refractivity (Wildman–Crippen MR) is 45.7 cm³/mol. The Kier molecular flexibility index (Phi) is 4.55. The third-order valence-electron chi connectivity index (χ3n) is 1.15. The molecule has 1 aliphatic heterocycles. The third-order valence-corrected chi connectivity index (χ3v) is 1.15.